The molecule has 0 heterocycles. The number of rotatable bonds is 2. The zero-order valence-electron chi connectivity index (χ0n) is 11.3. The minimum Gasteiger partial charge on any atom is -0.393 e. The summed E-state index contributed by atoms with van der Waals surface area (Å²) >= 11 is 0. The van der Waals surface area contributed by atoms with E-state index in [0.717, 1.165) is 29.6 Å². The third kappa shape index (κ3) is 1.92. The van der Waals surface area contributed by atoms with Crippen LogP contribution in [-0.4, -0.2) is 11.2 Å². The van der Waals surface area contributed by atoms with Gasteiger partial charge >= 0.3 is 0 Å². The van der Waals surface area contributed by atoms with E-state index in [1.54, 1.807) is 0 Å². The van der Waals surface area contributed by atoms with E-state index in [9.17, 15) is 5.11 Å². The van der Waals surface area contributed by atoms with E-state index in [4.69, 9.17) is 0 Å². The van der Waals surface area contributed by atoms with Crippen LogP contribution in [0.25, 0.3) is 0 Å². The first-order valence-corrected chi connectivity index (χ1v) is 7.24. The summed E-state index contributed by atoms with van der Waals surface area (Å²) in [5.41, 5.74) is 0. The number of aliphatic hydroxyl groups excluding tert-OH is 1. The van der Waals surface area contributed by atoms with Gasteiger partial charge in [-0.15, -0.1) is 0 Å². The van der Waals surface area contributed by atoms with Crippen molar-refractivity contribution in [3.8, 4) is 0 Å². The molecule has 1 N–H and O–H groups in total. The van der Waals surface area contributed by atoms with Crippen LogP contribution in [0.2, 0.25) is 0 Å². The second-order valence-corrected chi connectivity index (χ2v) is 6.46. The van der Waals surface area contributed by atoms with Crippen LogP contribution in [0.3, 0.4) is 0 Å². The Bertz CT molecular complexity index is 236. The van der Waals surface area contributed by atoms with Crippen LogP contribution in [-0.2, 0) is 0 Å². The summed E-state index contributed by atoms with van der Waals surface area (Å²) in [6, 6.07) is 0. The van der Waals surface area contributed by atoms with Crippen molar-refractivity contribution < 1.29 is 5.11 Å². The average molecular weight is 224 g/mol. The second kappa shape index (κ2) is 4.68. The molecular formula is C15H28O. The Morgan fingerprint density at radius 2 is 1.94 bits per heavy atom. The van der Waals surface area contributed by atoms with Gasteiger partial charge in [0, 0.05) is 0 Å². The van der Waals surface area contributed by atoms with Gasteiger partial charge in [-0.25, -0.2) is 0 Å². The fourth-order valence-corrected chi connectivity index (χ4v) is 4.63. The molecule has 7 atom stereocenters. The van der Waals surface area contributed by atoms with Gasteiger partial charge < -0.3 is 5.11 Å². The lowest BCUT2D eigenvalue weighted by Gasteiger charge is -2.53. The summed E-state index contributed by atoms with van der Waals surface area (Å²) in [4.78, 5) is 0. The van der Waals surface area contributed by atoms with E-state index in [1.807, 2.05) is 6.92 Å². The number of aliphatic hydroxyl groups is 1. The molecule has 0 aromatic carbocycles. The van der Waals surface area contributed by atoms with Crippen LogP contribution >= 0.6 is 0 Å². The van der Waals surface area contributed by atoms with Gasteiger partial charge in [0.15, 0.2) is 0 Å². The van der Waals surface area contributed by atoms with E-state index in [0.29, 0.717) is 5.92 Å². The first-order valence-electron chi connectivity index (χ1n) is 7.24. The Balaban J connectivity index is 2.08. The summed E-state index contributed by atoms with van der Waals surface area (Å²) in [5, 5.41) is 9.83. The van der Waals surface area contributed by atoms with Crippen LogP contribution < -0.4 is 0 Å². The Morgan fingerprint density at radius 1 is 1.25 bits per heavy atom. The van der Waals surface area contributed by atoms with Gasteiger partial charge in [0.2, 0.25) is 0 Å². The normalized spacial score (nSPS) is 50.1. The maximum Gasteiger partial charge on any atom is 0.0540 e. The molecular weight excluding hydrogens is 196 g/mol. The predicted octanol–water partition coefficient (Wildman–Crippen LogP) is 3.71. The Labute approximate surface area is 101 Å². The highest BCUT2D eigenvalue weighted by Gasteiger charge is 2.50. The molecule has 2 fully saturated rings. The molecule has 2 rings (SSSR count). The molecule has 1 heteroatoms. The quantitative estimate of drug-likeness (QED) is 0.758. The monoisotopic (exact) mass is 224 g/mol. The molecule has 0 saturated heterocycles. The lowest BCUT2D eigenvalue weighted by atomic mass is 9.52. The highest BCUT2D eigenvalue weighted by Crippen LogP contribution is 2.56. The first kappa shape index (κ1) is 12.4. The molecule has 0 amide bonds. The van der Waals surface area contributed by atoms with Gasteiger partial charge in [-0.1, -0.05) is 33.6 Å². The van der Waals surface area contributed by atoms with Crippen LogP contribution in [0.5, 0.6) is 0 Å². The van der Waals surface area contributed by atoms with Gasteiger partial charge in [-0.3, -0.25) is 0 Å². The third-order valence-corrected chi connectivity index (χ3v) is 5.72. The highest BCUT2D eigenvalue weighted by atomic mass is 16.3. The third-order valence-electron chi connectivity index (χ3n) is 5.72. The number of hydrogen-bond acceptors (Lipinski definition) is 1. The largest absolute Gasteiger partial charge is 0.393 e. The van der Waals surface area contributed by atoms with Crippen LogP contribution in [0.15, 0.2) is 0 Å². The van der Waals surface area contributed by atoms with Gasteiger partial charge in [0.05, 0.1) is 6.10 Å². The molecule has 0 radical (unpaired) electrons. The average Bonchev–Trinajstić information content (AvgIpc) is 2.37. The molecule has 7 unspecified atom stereocenters. The van der Waals surface area contributed by atoms with Crippen molar-refractivity contribution in [2.45, 2.75) is 59.5 Å². The van der Waals surface area contributed by atoms with Crippen molar-refractivity contribution in [2.75, 3.05) is 0 Å². The maximum absolute atomic E-state index is 9.83. The first-order chi connectivity index (χ1) is 7.56. The van der Waals surface area contributed by atoms with E-state index in [1.165, 1.54) is 25.7 Å². The fourth-order valence-electron chi connectivity index (χ4n) is 4.63. The van der Waals surface area contributed by atoms with Crippen molar-refractivity contribution in [1.82, 2.24) is 0 Å². The smallest absolute Gasteiger partial charge is 0.0540 e. The molecule has 94 valence electrons. The van der Waals surface area contributed by atoms with E-state index >= 15 is 0 Å². The van der Waals surface area contributed by atoms with Crippen LogP contribution in [0, 0.1) is 35.5 Å². The number of hydrogen-bond donors (Lipinski definition) is 1. The lowest BCUT2D eigenvalue weighted by molar-refractivity contribution is -0.0550. The van der Waals surface area contributed by atoms with Crippen LogP contribution in [0.1, 0.15) is 53.4 Å². The van der Waals surface area contributed by atoms with Crippen molar-refractivity contribution in [3.05, 3.63) is 0 Å². The van der Waals surface area contributed by atoms with Crippen molar-refractivity contribution in [1.29, 1.82) is 0 Å². The molecule has 0 bridgehead atoms. The van der Waals surface area contributed by atoms with Crippen molar-refractivity contribution >= 4 is 0 Å². The highest BCUT2D eigenvalue weighted by molar-refractivity contribution is 4.99. The van der Waals surface area contributed by atoms with Crippen molar-refractivity contribution in [3.63, 3.8) is 0 Å². The molecule has 0 aromatic rings. The SMILES string of the molecule is CCC1C(C)C2CC(C(C)O)CCC(C)C12. The van der Waals surface area contributed by atoms with Gasteiger partial charge in [0.25, 0.3) is 0 Å². The maximum atomic E-state index is 9.83. The standard InChI is InChI=1S/C15H28O/c1-5-13-10(3)14-8-12(11(4)16)7-6-9(2)15(13)14/h9-16H,5-8H2,1-4H3. The summed E-state index contributed by atoms with van der Waals surface area (Å²) in [5.74, 6) is 5.18. The minimum atomic E-state index is -0.0983. The van der Waals surface area contributed by atoms with Crippen molar-refractivity contribution in [2.24, 2.45) is 35.5 Å². The van der Waals surface area contributed by atoms with E-state index < -0.39 is 0 Å². The molecule has 2 aliphatic carbocycles. The minimum absolute atomic E-state index is 0.0983. The Morgan fingerprint density at radius 3 is 2.50 bits per heavy atom. The van der Waals surface area contributed by atoms with E-state index in [-0.39, 0.29) is 6.10 Å². The fraction of sp³-hybridized carbons (Fsp3) is 1.00. The van der Waals surface area contributed by atoms with E-state index in [2.05, 4.69) is 20.8 Å². The summed E-state index contributed by atoms with van der Waals surface area (Å²) < 4.78 is 0. The predicted molar refractivity (Wildman–Crippen MR) is 68.1 cm³/mol. The van der Waals surface area contributed by atoms with Gasteiger partial charge in [-0.05, 0) is 55.3 Å². The summed E-state index contributed by atoms with van der Waals surface area (Å²) in [6.07, 6.45) is 5.12. The summed E-state index contributed by atoms with van der Waals surface area (Å²) in [7, 11) is 0. The Hall–Kier alpha value is -0.0400. The van der Waals surface area contributed by atoms with Gasteiger partial charge in [0.1, 0.15) is 0 Å². The van der Waals surface area contributed by atoms with Crippen LogP contribution in [0.4, 0.5) is 0 Å². The Kier molecular flexibility index (Phi) is 3.63. The summed E-state index contributed by atoms with van der Waals surface area (Å²) in [6.45, 7) is 9.21. The molecule has 0 spiro atoms. The zero-order valence-corrected chi connectivity index (χ0v) is 11.3. The van der Waals surface area contributed by atoms with Gasteiger partial charge in [-0.2, -0.15) is 0 Å². The molecule has 0 aromatic heterocycles. The zero-order chi connectivity index (χ0) is 11.9. The second-order valence-electron chi connectivity index (χ2n) is 6.46. The molecule has 0 aliphatic heterocycles. The molecule has 2 saturated carbocycles. The lowest BCUT2D eigenvalue weighted by Crippen LogP contribution is -2.48. The molecule has 1 nitrogen and oxygen atoms in total. The molecule has 2 aliphatic rings. The molecule has 16 heavy (non-hydrogen) atoms. The topological polar surface area (TPSA) is 20.2 Å². The number of fused-ring (bicyclic) bond motifs is 1.